The highest BCUT2D eigenvalue weighted by molar-refractivity contribution is 4.80. The maximum atomic E-state index is 6.10. The normalized spacial score (nSPS) is 20.2. The van der Waals surface area contributed by atoms with Gasteiger partial charge in [0.15, 0.2) is 0 Å². The second-order valence-corrected chi connectivity index (χ2v) is 5.10. The van der Waals surface area contributed by atoms with Crippen LogP contribution in [0.1, 0.15) is 39.5 Å². The third-order valence-corrected chi connectivity index (χ3v) is 2.82. The minimum absolute atomic E-state index is 0.0642. The van der Waals surface area contributed by atoms with Crippen LogP contribution in [0, 0.1) is 5.92 Å². The molecular weight excluding hydrogens is 188 g/mol. The fourth-order valence-corrected chi connectivity index (χ4v) is 1.71. The van der Waals surface area contributed by atoms with Gasteiger partial charge in [0.05, 0.1) is 6.61 Å². The number of hydrogen-bond acceptors (Lipinski definition) is 3. The molecular formula is C12H26N2O. The van der Waals surface area contributed by atoms with Crippen molar-refractivity contribution < 1.29 is 4.74 Å². The molecule has 1 atom stereocenters. The van der Waals surface area contributed by atoms with Gasteiger partial charge in [-0.2, -0.15) is 0 Å². The van der Waals surface area contributed by atoms with E-state index in [1.54, 1.807) is 0 Å². The van der Waals surface area contributed by atoms with Crippen LogP contribution in [0.2, 0.25) is 0 Å². The molecule has 0 aromatic carbocycles. The Balaban J connectivity index is 1.86. The quantitative estimate of drug-likeness (QED) is 0.572. The summed E-state index contributed by atoms with van der Waals surface area (Å²) < 4.78 is 5.53. The highest BCUT2D eigenvalue weighted by atomic mass is 16.5. The van der Waals surface area contributed by atoms with E-state index in [1.165, 1.54) is 12.8 Å². The molecule has 0 aliphatic heterocycles. The molecule has 1 fully saturated rings. The maximum absolute atomic E-state index is 6.10. The summed E-state index contributed by atoms with van der Waals surface area (Å²) >= 11 is 0. The number of hydrogen-bond donors (Lipinski definition) is 2. The van der Waals surface area contributed by atoms with Crippen LogP contribution < -0.4 is 11.1 Å². The van der Waals surface area contributed by atoms with Crippen molar-refractivity contribution in [2.24, 2.45) is 11.7 Å². The molecule has 0 spiro atoms. The molecule has 0 aromatic heterocycles. The van der Waals surface area contributed by atoms with Crippen LogP contribution in [0.3, 0.4) is 0 Å². The van der Waals surface area contributed by atoms with Crippen LogP contribution in [0.4, 0.5) is 0 Å². The lowest BCUT2D eigenvalue weighted by atomic mass is 9.98. The smallest absolute Gasteiger partial charge is 0.0591 e. The first-order valence-electron chi connectivity index (χ1n) is 6.21. The van der Waals surface area contributed by atoms with E-state index in [9.17, 15) is 0 Å². The van der Waals surface area contributed by atoms with Gasteiger partial charge in [0.1, 0.15) is 0 Å². The summed E-state index contributed by atoms with van der Waals surface area (Å²) in [6.45, 7) is 7.85. The van der Waals surface area contributed by atoms with E-state index in [2.05, 4.69) is 19.2 Å². The topological polar surface area (TPSA) is 47.3 Å². The molecule has 0 bridgehead atoms. The standard InChI is InChI=1S/C12H26N2O/c1-3-6-12(2,13)10-14-7-8-15-9-11-4-5-11/h11,14H,3-10,13H2,1-2H3. The van der Waals surface area contributed by atoms with E-state index in [0.717, 1.165) is 45.1 Å². The summed E-state index contributed by atoms with van der Waals surface area (Å²) in [6, 6.07) is 0. The van der Waals surface area contributed by atoms with Crippen molar-refractivity contribution >= 4 is 0 Å². The molecule has 15 heavy (non-hydrogen) atoms. The van der Waals surface area contributed by atoms with Crippen LogP contribution in [-0.2, 0) is 4.74 Å². The second-order valence-electron chi connectivity index (χ2n) is 5.10. The van der Waals surface area contributed by atoms with Gasteiger partial charge in [-0.1, -0.05) is 13.3 Å². The Morgan fingerprint density at radius 1 is 1.47 bits per heavy atom. The summed E-state index contributed by atoms with van der Waals surface area (Å²) in [6.07, 6.45) is 4.95. The molecule has 0 saturated heterocycles. The van der Waals surface area contributed by atoms with Crippen molar-refractivity contribution in [1.29, 1.82) is 0 Å². The molecule has 3 heteroatoms. The molecule has 1 unspecified atom stereocenters. The Kier molecular flexibility index (Phi) is 5.58. The molecule has 0 aromatic rings. The Bertz CT molecular complexity index is 167. The summed E-state index contributed by atoms with van der Waals surface area (Å²) in [5.41, 5.74) is 6.03. The van der Waals surface area contributed by atoms with E-state index >= 15 is 0 Å². The lowest BCUT2D eigenvalue weighted by Gasteiger charge is -2.24. The zero-order valence-corrected chi connectivity index (χ0v) is 10.2. The highest BCUT2D eigenvalue weighted by Gasteiger charge is 2.21. The number of ether oxygens (including phenoxy) is 1. The first kappa shape index (κ1) is 12.9. The first-order chi connectivity index (χ1) is 7.14. The van der Waals surface area contributed by atoms with Crippen LogP contribution in [0.5, 0.6) is 0 Å². The highest BCUT2D eigenvalue weighted by Crippen LogP contribution is 2.28. The van der Waals surface area contributed by atoms with E-state index < -0.39 is 0 Å². The minimum atomic E-state index is -0.0642. The van der Waals surface area contributed by atoms with E-state index in [0.29, 0.717) is 0 Å². The van der Waals surface area contributed by atoms with Gasteiger partial charge in [0.2, 0.25) is 0 Å². The third-order valence-electron chi connectivity index (χ3n) is 2.82. The molecule has 1 aliphatic rings. The van der Waals surface area contributed by atoms with Gasteiger partial charge in [-0.3, -0.25) is 0 Å². The molecule has 3 nitrogen and oxygen atoms in total. The van der Waals surface area contributed by atoms with Gasteiger partial charge in [0.25, 0.3) is 0 Å². The summed E-state index contributed by atoms with van der Waals surface area (Å²) in [5, 5.41) is 3.35. The molecule has 0 amide bonds. The average Bonchev–Trinajstić information content (AvgIpc) is 2.94. The third kappa shape index (κ3) is 6.88. The molecule has 1 rings (SSSR count). The Morgan fingerprint density at radius 3 is 2.80 bits per heavy atom. The van der Waals surface area contributed by atoms with Crippen molar-refractivity contribution in [3.8, 4) is 0 Å². The van der Waals surface area contributed by atoms with Crippen molar-refractivity contribution in [1.82, 2.24) is 5.32 Å². The predicted molar refractivity (Wildman–Crippen MR) is 63.9 cm³/mol. The van der Waals surface area contributed by atoms with E-state index in [1.807, 2.05) is 0 Å². The largest absolute Gasteiger partial charge is 0.380 e. The van der Waals surface area contributed by atoms with Crippen LogP contribution >= 0.6 is 0 Å². The van der Waals surface area contributed by atoms with Gasteiger partial charge >= 0.3 is 0 Å². The second kappa shape index (κ2) is 6.46. The lowest BCUT2D eigenvalue weighted by molar-refractivity contribution is 0.125. The molecule has 0 heterocycles. The Labute approximate surface area is 93.8 Å². The van der Waals surface area contributed by atoms with E-state index in [-0.39, 0.29) is 5.54 Å². The van der Waals surface area contributed by atoms with Crippen LogP contribution in [0.15, 0.2) is 0 Å². The molecule has 90 valence electrons. The molecule has 3 N–H and O–H groups in total. The van der Waals surface area contributed by atoms with E-state index in [4.69, 9.17) is 10.5 Å². The fraction of sp³-hybridized carbons (Fsp3) is 1.00. The molecule has 1 aliphatic carbocycles. The Morgan fingerprint density at radius 2 is 2.20 bits per heavy atom. The van der Waals surface area contributed by atoms with Crippen LogP contribution in [-0.4, -0.2) is 31.8 Å². The average molecular weight is 214 g/mol. The van der Waals surface area contributed by atoms with Gasteiger partial charge < -0.3 is 15.8 Å². The monoisotopic (exact) mass is 214 g/mol. The maximum Gasteiger partial charge on any atom is 0.0591 e. The number of nitrogens with one attached hydrogen (secondary N) is 1. The van der Waals surface area contributed by atoms with Gasteiger partial charge in [-0.15, -0.1) is 0 Å². The van der Waals surface area contributed by atoms with Crippen molar-refractivity contribution in [2.45, 2.75) is 45.1 Å². The number of nitrogens with two attached hydrogens (primary N) is 1. The zero-order valence-electron chi connectivity index (χ0n) is 10.2. The van der Waals surface area contributed by atoms with Crippen LogP contribution in [0.25, 0.3) is 0 Å². The van der Waals surface area contributed by atoms with Crippen molar-refractivity contribution in [2.75, 3.05) is 26.3 Å². The molecule has 1 saturated carbocycles. The van der Waals surface area contributed by atoms with Crippen molar-refractivity contribution in [3.05, 3.63) is 0 Å². The first-order valence-corrected chi connectivity index (χ1v) is 6.21. The minimum Gasteiger partial charge on any atom is -0.380 e. The fourth-order valence-electron chi connectivity index (χ4n) is 1.71. The lowest BCUT2D eigenvalue weighted by Crippen LogP contribution is -2.46. The summed E-state index contributed by atoms with van der Waals surface area (Å²) in [7, 11) is 0. The van der Waals surface area contributed by atoms with Crippen molar-refractivity contribution in [3.63, 3.8) is 0 Å². The SMILES string of the molecule is CCCC(C)(N)CNCCOCC1CC1. The summed E-state index contributed by atoms with van der Waals surface area (Å²) in [4.78, 5) is 0. The summed E-state index contributed by atoms with van der Waals surface area (Å²) in [5.74, 6) is 0.866. The predicted octanol–water partition coefficient (Wildman–Crippen LogP) is 1.52. The van der Waals surface area contributed by atoms with Gasteiger partial charge in [0, 0.05) is 25.2 Å². The zero-order chi connectivity index (χ0) is 11.1. The number of rotatable bonds is 9. The molecule has 0 radical (unpaired) electrons. The Hall–Kier alpha value is -0.120. The van der Waals surface area contributed by atoms with Gasteiger partial charge in [-0.05, 0) is 32.1 Å². The van der Waals surface area contributed by atoms with Gasteiger partial charge in [-0.25, -0.2) is 0 Å².